The highest BCUT2D eigenvalue weighted by atomic mass is 15.1. The molecule has 12 rings (SSSR count). The summed E-state index contributed by atoms with van der Waals surface area (Å²) >= 11 is 0. The lowest BCUT2D eigenvalue weighted by Gasteiger charge is -2.32. The van der Waals surface area contributed by atoms with Crippen molar-refractivity contribution in [3.05, 3.63) is 229 Å². The molecule has 1 spiro atoms. The number of benzene rings is 9. The maximum absolute atomic E-state index is 2.48. The number of rotatable bonds is 4. The quantitative estimate of drug-likeness (QED) is 0.178. The van der Waals surface area contributed by atoms with E-state index in [1.807, 2.05) is 0 Å². The van der Waals surface area contributed by atoms with Crippen molar-refractivity contribution < 1.29 is 0 Å². The van der Waals surface area contributed by atoms with Crippen molar-refractivity contribution in [2.24, 2.45) is 0 Å². The van der Waals surface area contributed by atoms with Crippen molar-refractivity contribution in [2.75, 3.05) is 4.90 Å². The molecule has 2 aliphatic carbocycles. The summed E-state index contributed by atoms with van der Waals surface area (Å²) in [6.07, 6.45) is 0. The first-order valence-electron chi connectivity index (χ1n) is 19.1. The Labute approximate surface area is 319 Å². The maximum atomic E-state index is 2.48. The highest BCUT2D eigenvalue weighted by molar-refractivity contribution is 6.09. The SMILES string of the molecule is c1ccc2c(c1)-c1ccccc1C21c2ccccc2-c2ccc(N(c3ccc(-n4c5ccccc5c5ccccc54)cc3)c3cccc4ccccc34)cc21. The van der Waals surface area contributed by atoms with Crippen LogP contribution in [0.15, 0.2) is 206 Å². The van der Waals surface area contributed by atoms with Crippen molar-refractivity contribution in [3.8, 4) is 27.9 Å². The van der Waals surface area contributed by atoms with Gasteiger partial charge in [-0.1, -0.05) is 152 Å². The smallest absolute Gasteiger partial charge is 0.0726 e. The molecule has 9 aromatic carbocycles. The third-order valence-corrected chi connectivity index (χ3v) is 12.2. The average Bonchev–Trinajstić information content (AvgIpc) is 3.86. The van der Waals surface area contributed by atoms with Gasteiger partial charge in [0, 0.05) is 33.2 Å². The summed E-state index contributed by atoms with van der Waals surface area (Å²) in [6, 6.07) is 76.3. The van der Waals surface area contributed by atoms with Crippen molar-refractivity contribution in [3.63, 3.8) is 0 Å². The van der Waals surface area contributed by atoms with E-state index in [1.165, 1.54) is 77.1 Å². The summed E-state index contributed by atoms with van der Waals surface area (Å²) in [5.41, 5.74) is 17.2. The molecule has 0 radical (unpaired) electrons. The molecule has 0 fully saturated rings. The molecule has 0 atom stereocenters. The molecule has 0 saturated carbocycles. The molecule has 256 valence electrons. The van der Waals surface area contributed by atoms with Crippen molar-refractivity contribution >= 4 is 49.6 Å². The minimum atomic E-state index is -0.417. The summed E-state index contributed by atoms with van der Waals surface area (Å²) in [4.78, 5) is 2.46. The zero-order valence-corrected chi connectivity index (χ0v) is 30.0. The topological polar surface area (TPSA) is 8.17 Å². The summed E-state index contributed by atoms with van der Waals surface area (Å²) < 4.78 is 2.39. The molecule has 2 heteroatoms. The monoisotopic (exact) mass is 698 g/mol. The number of aromatic nitrogens is 1. The van der Waals surface area contributed by atoms with Crippen molar-refractivity contribution in [1.82, 2.24) is 4.57 Å². The Bertz CT molecular complexity index is 3040. The molecular formula is C53H34N2. The van der Waals surface area contributed by atoms with Crippen LogP contribution in [0.1, 0.15) is 22.3 Å². The molecule has 0 N–H and O–H groups in total. The maximum Gasteiger partial charge on any atom is 0.0726 e. The minimum absolute atomic E-state index is 0.417. The molecule has 2 nitrogen and oxygen atoms in total. The molecule has 0 saturated heterocycles. The Balaban J connectivity index is 1.10. The lowest BCUT2D eigenvalue weighted by Crippen LogP contribution is -2.26. The van der Waals surface area contributed by atoms with E-state index in [-0.39, 0.29) is 0 Å². The molecule has 10 aromatic rings. The first-order valence-corrected chi connectivity index (χ1v) is 19.1. The summed E-state index contributed by atoms with van der Waals surface area (Å²) in [6.45, 7) is 0. The van der Waals surface area contributed by atoms with Crippen LogP contribution in [0, 0.1) is 0 Å². The number of hydrogen-bond acceptors (Lipinski definition) is 1. The average molecular weight is 699 g/mol. The minimum Gasteiger partial charge on any atom is -0.310 e. The number of anilines is 3. The van der Waals surface area contributed by atoms with Gasteiger partial charge in [-0.15, -0.1) is 0 Å². The standard InChI is InChI=1S/C53H34N2/c1-2-16-39-35(14-1)15-13-27-50(39)54(36-28-30-37(31-29-36)55-51-25-11-6-20-44(51)45-21-7-12-26-52(45)55)38-32-33-43-42-19-5-10-24-48(42)53(49(43)34-38)46-22-8-3-17-40(46)41-18-4-9-23-47(41)53/h1-34H. The Hall–Kier alpha value is -7.16. The normalized spacial score (nSPS) is 13.2. The second kappa shape index (κ2) is 11.4. The predicted octanol–water partition coefficient (Wildman–Crippen LogP) is 13.8. The predicted molar refractivity (Wildman–Crippen MR) is 229 cm³/mol. The second-order valence-corrected chi connectivity index (χ2v) is 14.8. The van der Waals surface area contributed by atoms with E-state index in [9.17, 15) is 0 Å². The fraction of sp³-hybridized carbons (Fsp3) is 0.0189. The van der Waals surface area contributed by atoms with Gasteiger partial charge < -0.3 is 9.47 Å². The van der Waals surface area contributed by atoms with Crippen LogP contribution in [0.3, 0.4) is 0 Å². The van der Waals surface area contributed by atoms with Crippen molar-refractivity contribution in [1.29, 1.82) is 0 Å². The third kappa shape index (κ3) is 4.08. The Kier molecular flexibility index (Phi) is 6.29. The van der Waals surface area contributed by atoms with E-state index < -0.39 is 5.41 Å². The number of para-hydroxylation sites is 2. The summed E-state index contributed by atoms with van der Waals surface area (Å²) in [5.74, 6) is 0. The van der Waals surface area contributed by atoms with Gasteiger partial charge in [0.25, 0.3) is 0 Å². The van der Waals surface area contributed by atoms with Gasteiger partial charge in [-0.25, -0.2) is 0 Å². The molecule has 0 bridgehead atoms. The number of hydrogen-bond donors (Lipinski definition) is 0. The van der Waals surface area contributed by atoms with Gasteiger partial charge in [-0.3, -0.25) is 0 Å². The number of nitrogens with zero attached hydrogens (tertiary/aromatic N) is 2. The first-order chi connectivity index (χ1) is 27.3. The lowest BCUT2D eigenvalue weighted by molar-refractivity contribution is 0.793. The zero-order chi connectivity index (χ0) is 36.1. The van der Waals surface area contributed by atoms with Crippen LogP contribution in [-0.2, 0) is 5.41 Å². The van der Waals surface area contributed by atoms with Crippen LogP contribution < -0.4 is 4.90 Å². The van der Waals surface area contributed by atoms with E-state index >= 15 is 0 Å². The van der Waals surface area contributed by atoms with E-state index in [4.69, 9.17) is 0 Å². The molecule has 0 aliphatic heterocycles. The lowest BCUT2D eigenvalue weighted by atomic mass is 9.70. The largest absolute Gasteiger partial charge is 0.310 e. The zero-order valence-electron chi connectivity index (χ0n) is 30.0. The van der Waals surface area contributed by atoms with Gasteiger partial charge >= 0.3 is 0 Å². The molecule has 2 aliphatic rings. The van der Waals surface area contributed by atoms with Crippen molar-refractivity contribution in [2.45, 2.75) is 5.41 Å². The van der Waals surface area contributed by atoms with Crippen LogP contribution in [0.25, 0.3) is 60.5 Å². The van der Waals surface area contributed by atoms with Crippen LogP contribution in [0.5, 0.6) is 0 Å². The number of fused-ring (bicyclic) bond motifs is 14. The molecule has 55 heavy (non-hydrogen) atoms. The van der Waals surface area contributed by atoms with E-state index in [0.717, 1.165) is 22.7 Å². The van der Waals surface area contributed by atoms with Gasteiger partial charge in [0.1, 0.15) is 0 Å². The highest BCUT2D eigenvalue weighted by Crippen LogP contribution is 2.63. The molecule has 1 heterocycles. The second-order valence-electron chi connectivity index (χ2n) is 14.8. The Morgan fingerprint density at radius 3 is 1.44 bits per heavy atom. The van der Waals surface area contributed by atoms with Crippen LogP contribution in [0.2, 0.25) is 0 Å². The fourth-order valence-corrected chi connectivity index (χ4v) is 10.0. The van der Waals surface area contributed by atoms with Gasteiger partial charge in [0.2, 0.25) is 0 Å². The van der Waals surface area contributed by atoms with Gasteiger partial charge in [0.05, 0.1) is 22.1 Å². The van der Waals surface area contributed by atoms with Gasteiger partial charge in [0.15, 0.2) is 0 Å². The van der Waals surface area contributed by atoms with E-state index in [2.05, 4.69) is 216 Å². The molecule has 0 unspecified atom stereocenters. The highest BCUT2D eigenvalue weighted by Gasteiger charge is 2.51. The van der Waals surface area contributed by atoms with E-state index in [1.54, 1.807) is 0 Å². The van der Waals surface area contributed by atoms with Crippen LogP contribution in [0.4, 0.5) is 17.1 Å². The molecular weight excluding hydrogens is 665 g/mol. The Morgan fingerprint density at radius 1 is 0.345 bits per heavy atom. The van der Waals surface area contributed by atoms with E-state index in [0.29, 0.717) is 0 Å². The molecule has 0 amide bonds. The summed E-state index contributed by atoms with van der Waals surface area (Å²) in [7, 11) is 0. The van der Waals surface area contributed by atoms with Gasteiger partial charge in [-0.05, 0) is 104 Å². The van der Waals surface area contributed by atoms with Crippen LogP contribution in [-0.4, -0.2) is 4.57 Å². The third-order valence-electron chi connectivity index (χ3n) is 12.2. The Morgan fingerprint density at radius 2 is 0.818 bits per heavy atom. The van der Waals surface area contributed by atoms with Crippen LogP contribution >= 0.6 is 0 Å². The van der Waals surface area contributed by atoms with Gasteiger partial charge in [-0.2, -0.15) is 0 Å². The fourth-order valence-electron chi connectivity index (χ4n) is 10.0. The summed E-state index contributed by atoms with van der Waals surface area (Å²) in [5, 5.41) is 4.97. The molecule has 1 aromatic heterocycles. The first kappa shape index (κ1) is 30.3.